The molecule has 2 aliphatic heterocycles. The van der Waals surface area contributed by atoms with E-state index in [0.29, 0.717) is 39.5 Å². The molecule has 3 aromatic rings. The van der Waals surface area contributed by atoms with E-state index in [1.165, 1.54) is 0 Å². The highest BCUT2D eigenvalue weighted by molar-refractivity contribution is 6.42. The first-order valence-electron chi connectivity index (χ1n) is 15.2. The van der Waals surface area contributed by atoms with Gasteiger partial charge in [0.25, 0.3) is 5.56 Å². The predicted molar refractivity (Wildman–Crippen MR) is 171 cm³/mol. The number of rotatable bonds is 6. The summed E-state index contributed by atoms with van der Waals surface area (Å²) in [6.45, 7) is 10.6. The van der Waals surface area contributed by atoms with Crippen LogP contribution in [0.5, 0.6) is 0 Å². The van der Waals surface area contributed by atoms with Crippen LogP contribution in [0.4, 0.5) is 23.9 Å². The number of nitrogens with one attached hydrogen (secondary N) is 2. The lowest BCUT2D eigenvalue weighted by atomic mass is 9.95. The van der Waals surface area contributed by atoms with Gasteiger partial charge in [-0.1, -0.05) is 29.3 Å². The maximum atomic E-state index is 13.0. The largest absolute Gasteiger partial charge is 0.490 e. The third-order valence-electron chi connectivity index (χ3n) is 7.83. The summed E-state index contributed by atoms with van der Waals surface area (Å²) in [5.74, 6) is -1.80. The minimum Gasteiger partial charge on any atom is -0.475 e. The third kappa shape index (κ3) is 10.2. The molecule has 1 aromatic carbocycles. The maximum absolute atomic E-state index is 13.0. The van der Waals surface area contributed by atoms with E-state index < -0.39 is 17.7 Å². The van der Waals surface area contributed by atoms with Crippen molar-refractivity contribution >= 4 is 52.2 Å². The summed E-state index contributed by atoms with van der Waals surface area (Å²) in [4.78, 5) is 46.0. The van der Waals surface area contributed by atoms with Gasteiger partial charge < -0.3 is 25.0 Å². The van der Waals surface area contributed by atoms with Gasteiger partial charge in [0.15, 0.2) is 5.52 Å². The zero-order valence-electron chi connectivity index (χ0n) is 26.2. The second kappa shape index (κ2) is 15.1. The molecule has 17 heteroatoms. The average molecular weight is 705 g/mol. The van der Waals surface area contributed by atoms with Crippen molar-refractivity contribution < 1.29 is 32.6 Å². The number of anilines is 1. The maximum Gasteiger partial charge on any atom is 0.490 e. The fourth-order valence-electron chi connectivity index (χ4n) is 5.50. The third-order valence-corrected chi connectivity index (χ3v) is 8.57. The standard InChI is InChI=1S/C28H37Cl2N7O3.C2HF3O2/c1-28(2,3)40-27(39)36-12-6-18(7-13-36)17-35-10-8-20(9-11-35)37-24-23(16-32-37)33-26(34-25(24)38)31-15-19-4-5-21(29)22(30)14-19;3-2(4,5)1(6)7/h4-5,14,16,18,20H,6-13,15,17H2,1-3H3,(H2,31,33,34,38);(H,6,7). The van der Waals surface area contributed by atoms with Crippen LogP contribution in [-0.4, -0.2) is 91.2 Å². The van der Waals surface area contributed by atoms with Crippen molar-refractivity contribution in [1.29, 1.82) is 0 Å². The van der Waals surface area contributed by atoms with Crippen LogP contribution in [0.15, 0.2) is 29.2 Å². The Balaban J connectivity index is 0.000000644. The van der Waals surface area contributed by atoms with Crippen molar-refractivity contribution in [2.24, 2.45) is 5.92 Å². The topological polar surface area (TPSA) is 146 Å². The van der Waals surface area contributed by atoms with Crippen molar-refractivity contribution in [3.8, 4) is 0 Å². The monoisotopic (exact) mass is 703 g/mol. The Morgan fingerprint density at radius 3 is 2.28 bits per heavy atom. The lowest BCUT2D eigenvalue weighted by Gasteiger charge is -2.38. The molecule has 0 saturated carbocycles. The van der Waals surface area contributed by atoms with Crippen molar-refractivity contribution in [3.63, 3.8) is 0 Å². The summed E-state index contributed by atoms with van der Waals surface area (Å²) >= 11 is 12.1. The number of likely N-dealkylation sites (tertiary alicyclic amines) is 2. The first kappa shape index (κ1) is 36.3. The number of alkyl halides is 3. The van der Waals surface area contributed by atoms with E-state index in [0.717, 1.165) is 64.0 Å². The van der Waals surface area contributed by atoms with E-state index >= 15 is 0 Å². The number of carboxylic acid groups (broad SMARTS) is 1. The van der Waals surface area contributed by atoms with Crippen LogP contribution in [-0.2, 0) is 16.1 Å². The lowest BCUT2D eigenvalue weighted by Crippen LogP contribution is -2.45. The summed E-state index contributed by atoms with van der Waals surface area (Å²) in [6, 6.07) is 5.55. The Labute approximate surface area is 279 Å². The average Bonchev–Trinajstić information content (AvgIpc) is 3.42. The van der Waals surface area contributed by atoms with Gasteiger partial charge >= 0.3 is 18.2 Å². The second-order valence-corrected chi connectivity index (χ2v) is 13.4. The van der Waals surface area contributed by atoms with Gasteiger partial charge in [-0.25, -0.2) is 14.6 Å². The molecule has 258 valence electrons. The zero-order valence-corrected chi connectivity index (χ0v) is 27.8. The van der Waals surface area contributed by atoms with Gasteiger partial charge in [-0.15, -0.1) is 0 Å². The SMILES string of the molecule is CC(C)(C)OC(=O)N1CCC(CN2CCC(n3ncc4nc(NCc5ccc(Cl)c(Cl)c5)[nH]c(=O)c43)CC2)CC1.O=C(O)C(F)(F)F. The number of carbonyl (C=O) groups is 2. The predicted octanol–water partition coefficient (Wildman–Crippen LogP) is 5.96. The highest BCUT2D eigenvalue weighted by atomic mass is 35.5. The van der Waals surface area contributed by atoms with Gasteiger partial charge in [0.1, 0.15) is 11.1 Å². The number of aromatic nitrogens is 4. The Morgan fingerprint density at radius 2 is 1.70 bits per heavy atom. The smallest absolute Gasteiger partial charge is 0.475 e. The molecule has 3 N–H and O–H groups in total. The molecule has 2 aliphatic rings. The molecule has 4 heterocycles. The molecule has 0 unspecified atom stereocenters. The van der Waals surface area contributed by atoms with Crippen LogP contribution in [0, 0.1) is 5.92 Å². The Kier molecular flexibility index (Phi) is 11.7. The fourth-order valence-corrected chi connectivity index (χ4v) is 5.82. The van der Waals surface area contributed by atoms with Gasteiger partial charge in [-0.05, 0) is 70.1 Å². The van der Waals surface area contributed by atoms with Crippen LogP contribution in [0.25, 0.3) is 11.0 Å². The van der Waals surface area contributed by atoms with Crippen LogP contribution >= 0.6 is 23.2 Å². The number of halogens is 5. The molecule has 2 aromatic heterocycles. The van der Waals surface area contributed by atoms with Crippen molar-refractivity contribution in [2.45, 2.75) is 70.8 Å². The molecule has 2 saturated heterocycles. The molecular formula is C30H38Cl2F3N7O5. The fraction of sp³-hybridized carbons (Fsp3) is 0.567. The summed E-state index contributed by atoms with van der Waals surface area (Å²) in [5.41, 5.74) is 1.32. The lowest BCUT2D eigenvalue weighted by molar-refractivity contribution is -0.192. The number of fused-ring (bicyclic) bond motifs is 1. The molecule has 0 bridgehead atoms. The Hall–Kier alpha value is -3.56. The number of ether oxygens (including phenoxy) is 1. The van der Waals surface area contributed by atoms with Crippen LogP contribution in [0.2, 0.25) is 10.0 Å². The van der Waals surface area contributed by atoms with Crippen molar-refractivity contribution in [3.05, 3.63) is 50.4 Å². The summed E-state index contributed by atoms with van der Waals surface area (Å²) in [7, 11) is 0. The number of carbonyl (C=O) groups excluding carboxylic acids is 1. The van der Waals surface area contributed by atoms with Gasteiger partial charge in [0, 0.05) is 39.3 Å². The normalized spacial score (nSPS) is 16.9. The van der Waals surface area contributed by atoms with Crippen LogP contribution in [0.1, 0.15) is 58.1 Å². The number of carboxylic acids is 1. The zero-order chi connectivity index (χ0) is 34.5. The molecular weight excluding hydrogens is 666 g/mol. The molecule has 1 amide bonds. The first-order valence-corrected chi connectivity index (χ1v) is 15.9. The molecule has 0 radical (unpaired) electrons. The van der Waals surface area contributed by atoms with Gasteiger partial charge in [-0.2, -0.15) is 18.3 Å². The molecule has 0 aliphatic carbocycles. The number of benzene rings is 1. The van der Waals surface area contributed by atoms with E-state index in [1.54, 1.807) is 18.3 Å². The van der Waals surface area contributed by atoms with Crippen molar-refractivity contribution in [1.82, 2.24) is 29.5 Å². The minimum absolute atomic E-state index is 0.153. The number of hydrogen-bond donors (Lipinski definition) is 3. The van der Waals surface area contributed by atoms with Crippen molar-refractivity contribution in [2.75, 3.05) is 38.0 Å². The molecule has 47 heavy (non-hydrogen) atoms. The molecule has 5 rings (SSSR count). The van der Waals surface area contributed by atoms with Crippen LogP contribution in [0.3, 0.4) is 0 Å². The quantitative estimate of drug-likeness (QED) is 0.283. The van der Waals surface area contributed by atoms with Gasteiger partial charge in [0.05, 0.1) is 22.3 Å². The first-order chi connectivity index (χ1) is 22.0. The number of H-pyrrole nitrogens is 1. The van der Waals surface area contributed by atoms with Crippen LogP contribution < -0.4 is 10.9 Å². The number of nitrogens with zero attached hydrogens (tertiary/aromatic N) is 5. The highest BCUT2D eigenvalue weighted by Gasteiger charge is 2.38. The second-order valence-electron chi connectivity index (χ2n) is 12.6. The van der Waals surface area contributed by atoms with Gasteiger partial charge in [0.2, 0.25) is 5.95 Å². The minimum atomic E-state index is -5.08. The summed E-state index contributed by atoms with van der Waals surface area (Å²) < 4.78 is 39.1. The number of aliphatic carboxylic acids is 1. The number of amides is 1. The van der Waals surface area contributed by atoms with E-state index in [4.69, 9.17) is 37.8 Å². The summed E-state index contributed by atoms with van der Waals surface area (Å²) in [5, 5.41) is 15.8. The Morgan fingerprint density at radius 1 is 1.06 bits per heavy atom. The Bertz CT molecular complexity index is 1610. The van der Waals surface area contributed by atoms with E-state index in [9.17, 15) is 22.8 Å². The van der Waals surface area contributed by atoms with E-state index in [1.807, 2.05) is 36.4 Å². The molecule has 0 atom stereocenters. The number of piperidine rings is 2. The summed E-state index contributed by atoms with van der Waals surface area (Å²) in [6.07, 6.45) is 0.197. The van der Waals surface area contributed by atoms with E-state index in [-0.39, 0.29) is 17.7 Å². The van der Waals surface area contributed by atoms with E-state index in [2.05, 4.69) is 25.3 Å². The molecule has 12 nitrogen and oxygen atoms in total. The highest BCUT2D eigenvalue weighted by Crippen LogP contribution is 2.28. The molecule has 0 spiro atoms. The molecule has 2 fully saturated rings. The van der Waals surface area contributed by atoms with Gasteiger partial charge in [-0.3, -0.25) is 14.5 Å². The number of aromatic amines is 1. The number of hydrogen-bond acceptors (Lipinski definition) is 8.